The molecule has 20 heavy (non-hydrogen) atoms. The summed E-state index contributed by atoms with van der Waals surface area (Å²) in [6, 6.07) is -1.07. The normalized spacial score (nSPS) is 11.2. The van der Waals surface area contributed by atoms with Crippen LogP contribution in [0.25, 0.3) is 0 Å². The molecular weight excluding hydrogens is 299 g/mol. The Kier molecular flexibility index (Phi) is 5.74. The van der Waals surface area contributed by atoms with Gasteiger partial charge in [-0.15, -0.1) is 11.3 Å². The summed E-state index contributed by atoms with van der Waals surface area (Å²) in [5.74, 6) is -1.51. The number of halogens is 3. The first-order chi connectivity index (χ1) is 9.28. The number of hydrogen-bond acceptors (Lipinski definition) is 4. The zero-order valence-corrected chi connectivity index (χ0v) is 11.0. The Balaban J connectivity index is 2.47. The quantitative estimate of drug-likeness (QED) is 0.830. The molecule has 112 valence electrons. The molecule has 0 aromatic carbocycles. The number of carbonyl (C=O) groups is 2. The molecule has 1 aromatic rings. The number of aliphatic carboxylic acids is 1. The molecule has 0 aliphatic carbocycles. The van der Waals surface area contributed by atoms with Crippen LogP contribution in [-0.4, -0.2) is 52.8 Å². The summed E-state index contributed by atoms with van der Waals surface area (Å²) >= 11 is 1.35. The van der Waals surface area contributed by atoms with E-state index in [4.69, 9.17) is 5.11 Å². The fourth-order valence-electron chi connectivity index (χ4n) is 1.34. The molecule has 0 spiro atoms. The summed E-state index contributed by atoms with van der Waals surface area (Å²) in [7, 11) is 0. The standard InChI is InChI=1S/C10H12F3N3O3S/c11-10(12,13)6-16(5-8(17)18)9(19)15-2-1-7-14-3-4-20-7/h3-4H,1-2,5-6H2,(H,15,19)(H,17,18). The maximum Gasteiger partial charge on any atom is 0.406 e. The molecule has 6 nitrogen and oxygen atoms in total. The molecule has 2 amide bonds. The highest BCUT2D eigenvalue weighted by Gasteiger charge is 2.33. The molecule has 0 unspecified atom stereocenters. The second-order valence-corrected chi connectivity index (χ2v) is 4.75. The van der Waals surface area contributed by atoms with E-state index in [1.807, 2.05) is 0 Å². The first-order valence-electron chi connectivity index (χ1n) is 5.47. The van der Waals surface area contributed by atoms with Crippen LogP contribution in [0.3, 0.4) is 0 Å². The predicted octanol–water partition coefficient (Wildman–Crippen LogP) is 1.34. The minimum Gasteiger partial charge on any atom is -0.480 e. The Morgan fingerprint density at radius 3 is 2.65 bits per heavy atom. The summed E-state index contributed by atoms with van der Waals surface area (Å²) < 4.78 is 36.7. The topological polar surface area (TPSA) is 82.5 Å². The van der Waals surface area contributed by atoms with Gasteiger partial charge in [-0.1, -0.05) is 0 Å². The lowest BCUT2D eigenvalue weighted by Gasteiger charge is -2.22. The van der Waals surface area contributed by atoms with Crippen LogP contribution in [0.2, 0.25) is 0 Å². The Labute approximate surface area is 116 Å². The molecule has 10 heteroatoms. The highest BCUT2D eigenvalue weighted by Crippen LogP contribution is 2.16. The number of alkyl halides is 3. The van der Waals surface area contributed by atoms with Gasteiger partial charge in [0, 0.05) is 24.5 Å². The van der Waals surface area contributed by atoms with Gasteiger partial charge < -0.3 is 15.3 Å². The summed E-state index contributed by atoms with van der Waals surface area (Å²) in [5.41, 5.74) is 0. The summed E-state index contributed by atoms with van der Waals surface area (Å²) in [6.07, 6.45) is -2.71. The third kappa shape index (κ3) is 6.36. The number of urea groups is 1. The Morgan fingerprint density at radius 1 is 1.45 bits per heavy atom. The van der Waals surface area contributed by atoms with Crippen LogP contribution in [-0.2, 0) is 11.2 Å². The fraction of sp³-hybridized carbons (Fsp3) is 0.500. The van der Waals surface area contributed by atoms with E-state index in [9.17, 15) is 22.8 Å². The van der Waals surface area contributed by atoms with E-state index in [-0.39, 0.29) is 11.4 Å². The number of nitrogens with zero attached hydrogens (tertiary/aromatic N) is 2. The predicted molar refractivity (Wildman–Crippen MR) is 64.5 cm³/mol. The van der Waals surface area contributed by atoms with Crippen molar-refractivity contribution >= 4 is 23.3 Å². The van der Waals surface area contributed by atoms with Crippen LogP contribution in [0.4, 0.5) is 18.0 Å². The summed E-state index contributed by atoms with van der Waals surface area (Å²) in [5, 5.41) is 13.2. The van der Waals surface area contributed by atoms with Gasteiger partial charge in [-0.25, -0.2) is 9.78 Å². The summed E-state index contributed by atoms with van der Waals surface area (Å²) in [4.78, 5) is 26.1. The number of hydrogen-bond donors (Lipinski definition) is 2. The van der Waals surface area contributed by atoms with E-state index in [0.717, 1.165) is 5.01 Å². The van der Waals surface area contributed by atoms with Gasteiger partial charge >= 0.3 is 18.2 Å². The molecule has 0 radical (unpaired) electrons. The van der Waals surface area contributed by atoms with Crippen molar-refractivity contribution in [2.45, 2.75) is 12.6 Å². The second kappa shape index (κ2) is 7.08. The molecule has 0 fully saturated rings. The molecule has 0 saturated carbocycles. The highest BCUT2D eigenvalue weighted by molar-refractivity contribution is 7.09. The molecule has 1 rings (SSSR count). The highest BCUT2D eigenvalue weighted by atomic mass is 32.1. The van der Waals surface area contributed by atoms with Crippen molar-refractivity contribution in [2.75, 3.05) is 19.6 Å². The van der Waals surface area contributed by atoms with Crippen LogP contribution < -0.4 is 5.32 Å². The third-order valence-electron chi connectivity index (χ3n) is 2.08. The van der Waals surface area contributed by atoms with Gasteiger partial charge in [-0.05, 0) is 0 Å². The molecular formula is C10H12F3N3O3S. The molecule has 1 aromatic heterocycles. The SMILES string of the molecule is O=C(O)CN(CC(F)(F)F)C(=O)NCCc1nccs1. The maximum absolute atomic E-state index is 12.2. The van der Waals surface area contributed by atoms with Gasteiger partial charge in [0.05, 0.1) is 5.01 Å². The number of carboxylic acid groups (broad SMARTS) is 1. The van der Waals surface area contributed by atoms with Crippen molar-refractivity contribution in [1.29, 1.82) is 0 Å². The number of carbonyl (C=O) groups excluding carboxylic acids is 1. The zero-order valence-electron chi connectivity index (χ0n) is 10.2. The van der Waals surface area contributed by atoms with Gasteiger partial charge in [-0.3, -0.25) is 4.79 Å². The number of carboxylic acids is 1. The minimum absolute atomic E-state index is 0.0837. The van der Waals surface area contributed by atoms with Crippen LogP contribution >= 0.6 is 11.3 Å². The number of thiazole rings is 1. The maximum atomic E-state index is 12.2. The van der Waals surface area contributed by atoms with E-state index < -0.39 is 31.3 Å². The van der Waals surface area contributed by atoms with Crippen molar-refractivity contribution in [3.63, 3.8) is 0 Å². The molecule has 0 bridgehead atoms. The van der Waals surface area contributed by atoms with Gasteiger partial charge in [0.15, 0.2) is 0 Å². The lowest BCUT2D eigenvalue weighted by molar-refractivity contribution is -0.148. The molecule has 2 N–H and O–H groups in total. The van der Waals surface area contributed by atoms with E-state index in [2.05, 4.69) is 10.3 Å². The van der Waals surface area contributed by atoms with Crippen LogP contribution in [0, 0.1) is 0 Å². The molecule has 0 atom stereocenters. The van der Waals surface area contributed by atoms with Crippen molar-refractivity contribution in [3.8, 4) is 0 Å². The average molecular weight is 311 g/mol. The van der Waals surface area contributed by atoms with Crippen LogP contribution in [0.1, 0.15) is 5.01 Å². The number of rotatable bonds is 6. The fourth-order valence-corrected chi connectivity index (χ4v) is 1.96. The first kappa shape index (κ1) is 16.2. The van der Waals surface area contributed by atoms with Gasteiger partial charge in [0.2, 0.25) is 0 Å². The monoisotopic (exact) mass is 311 g/mol. The number of amides is 2. The lowest BCUT2D eigenvalue weighted by atomic mass is 10.4. The lowest BCUT2D eigenvalue weighted by Crippen LogP contribution is -2.47. The van der Waals surface area contributed by atoms with E-state index in [1.165, 1.54) is 11.3 Å². The number of aromatic nitrogens is 1. The van der Waals surface area contributed by atoms with Crippen LogP contribution in [0.5, 0.6) is 0 Å². The van der Waals surface area contributed by atoms with Crippen molar-refractivity contribution in [3.05, 3.63) is 16.6 Å². The zero-order chi connectivity index (χ0) is 15.2. The first-order valence-corrected chi connectivity index (χ1v) is 6.35. The van der Waals surface area contributed by atoms with Crippen molar-refractivity contribution < 1.29 is 27.9 Å². The van der Waals surface area contributed by atoms with E-state index in [1.54, 1.807) is 11.6 Å². The molecule has 0 aliphatic rings. The average Bonchev–Trinajstić information content (AvgIpc) is 2.78. The van der Waals surface area contributed by atoms with E-state index in [0.29, 0.717) is 6.42 Å². The third-order valence-corrected chi connectivity index (χ3v) is 2.92. The Bertz CT molecular complexity index is 450. The van der Waals surface area contributed by atoms with Crippen molar-refractivity contribution in [1.82, 2.24) is 15.2 Å². The summed E-state index contributed by atoms with van der Waals surface area (Å²) in [6.45, 7) is -2.54. The molecule has 0 saturated heterocycles. The Hall–Kier alpha value is -1.84. The molecule has 0 aliphatic heterocycles. The van der Waals surface area contributed by atoms with Crippen LogP contribution in [0.15, 0.2) is 11.6 Å². The number of nitrogens with one attached hydrogen (secondary N) is 1. The van der Waals surface area contributed by atoms with Gasteiger partial charge in [-0.2, -0.15) is 13.2 Å². The van der Waals surface area contributed by atoms with Gasteiger partial charge in [0.25, 0.3) is 0 Å². The second-order valence-electron chi connectivity index (χ2n) is 3.77. The van der Waals surface area contributed by atoms with E-state index >= 15 is 0 Å². The minimum atomic E-state index is -4.65. The molecule has 1 heterocycles. The largest absolute Gasteiger partial charge is 0.480 e. The van der Waals surface area contributed by atoms with Crippen molar-refractivity contribution in [2.24, 2.45) is 0 Å². The Morgan fingerprint density at radius 2 is 2.15 bits per heavy atom. The van der Waals surface area contributed by atoms with Gasteiger partial charge in [0.1, 0.15) is 13.1 Å². The smallest absolute Gasteiger partial charge is 0.406 e.